The molecule has 1 rings (SSSR count). The SMILES string of the molecule is CN(C)CCCNC(=O)c1ccnc(C(=O)O)c1. The van der Waals surface area contributed by atoms with Crippen molar-refractivity contribution in [3.8, 4) is 0 Å². The van der Waals surface area contributed by atoms with Crippen LogP contribution in [0.3, 0.4) is 0 Å². The summed E-state index contributed by atoms with van der Waals surface area (Å²) < 4.78 is 0. The first-order valence-corrected chi connectivity index (χ1v) is 5.63. The number of aromatic carboxylic acids is 1. The standard InChI is InChI=1S/C12H17N3O3/c1-15(2)7-3-5-14-11(16)9-4-6-13-10(8-9)12(17)18/h4,6,8H,3,5,7H2,1-2H3,(H,14,16)(H,17,18). The Labute approximate surface area is 106 Å². The van der Waals surface area contributed by atoms with Crippen molar-refractivity contribution in [2.24, 2.45) is 0 Å². The van der Waals surface area contributed by atoms with E-state index in [1.54, 1.807) is 0 Å². The molecule has 0 aliphatic heterocycles. The van der Waals surface area contributed by atoms with E-state index in [1.807, 2.05) is 19.0 Å². The van der Waals surface area contributed by atoms with Gasteiger partial charge < -0.3 is 15.3 Å². The molecular weight excluding hydrogens is 234 g/mol. The molecule has 6 heteroatoms. The average molecular weight is 251 g/mol. The number of hydrogen-bond acceptors (Lipinski definition) is 4. The molecule has 0 radical (unpaired) electrons. The summed E-state index contributed by atoms with van der Waals surface area (Å²) in [7, 11) is 3.92. The smallest absolute Gasteiger partial charge is 0.354 e. The number of aromatic nitrogens is 1. The molecular formula is C12H17N3O3. The molecule has 0 saturated carbocycles. The lowest BCUT2D eigenvalue weighted by molar-refractivity contribution is 0.0690. The summed E-state index contributed by atoms with van der Waals surface area (Å²) in [5.41, 5.74) is 0.184. The Morgan fingerprint density at radius 1 is 1.44 bits per heavy atom. The fourth-order valence-electron chi connectivity index (χ4n) is 1.39. The number of nitrogens with one attached hydrogen (secondary N) is 1. The highest BCUT2D eigenvalue weighted by Crippen LogP contribution is 2.01. The summed E-state index contributed by atoms with van der Waals surface area (Å²) in [5.74, 6) is -1.42. The topological polar surface area (TPSA) is 82.5 Å². The lowest BCUT2D eigenvalue weighted by Gasteiger charge is -2.09. The number of rotatable bonds is 6. The van der Waals surface area contributed by atoms with Gasteiger partial charge in [0.25, 0.3) is 5.91 Å². The first kappa shape index (κ1) is 14.1. The molecule has 0 aliphatic rings. The van der Waals surface area contributed by atoms with E-state index in [9.17, 15) is 9.59 Å². The quantitative estimate of drug-likeness (QED) is 0.718. The Hall–Kier alpha value is -1.95. The summed E-state index contributed by atoms with van der Waals surface area (Å²) in [6.07, 6.45) is 2.16. The Balaban J connectivity index is 2.51. The van der Waals surface area contributed by atoms with E-state index < -0.39 is 5.97 Å². The van der Waals surface area contributed by atoms with Crippen LogP contribution in [0.25, 0.3) is 0 Å². The predicted molar refractivity (Wildman–Crippen MR) is 66.7 cm³/mol. The fraction of sp³-hybridized carbons (Fsp3) is 0.417. The molecule has 98 valence electrons. The van der Waals surface area contributed by atoms with Gasteiger partial charge in [-0.05, 0) is 39.2 Å². The van der Waals surface area contributed by atoms with Crippen LogP contribution in [0.5, 0.6) is 0 Å². The number of nitrogens with zero attached hydrogens (tertiary/aromatic N) is 2. The van der Waals surface area contributed by atoms with Crippen molar-refractivity contribution in [3.05, 3.63) is 29.6 Å². The van der Waals surface area contributed by atoms with Gasteiger partial charge in [0.05, 0.1) is 0 Å². The van der Waals surface area contributed by atoms with Gasteiger partial charge in [-0.15, -0.1) is 0 Å². The van der Waals surface area contributed by atoms with Crippen LogP contribution >= 0.6 is 0 Å². The normalized spacial score (nSPS) is 10.4. The van der Waals surface area contributed by atoms with Crippen LogP contribution in [-0.4, -0.2) is 54.1 Å². The van der Waals surface area contributed by atoms with E-state index in [1.165, 1.54) is 18.3 Å². The molecule has 18 heavy (non-hydrogen) atoms. The molecule has 0 aromatic carbocycles. The van der Waals surface area contributed by atoms with E-state index in [4.69, 9.17) is 5.11 Å². The van der Waals surface area contributed by atoms with Gasteiger partial charge in [-0.2, -0.15) is 0 Å². The number of amides is 1. The number of hydrogen-bond donors (Lipinski definition) is 2. The molecule has 0 spiro atoms. The Morgan fingerprint density at radius 3 is 2.78 bits per heavy atom. The third kappa shape index (κ3) is 4.50. The van der Waals surface area contributed by atoms with Gasteiger partial charge in [-0.3, -0.25) is 4.79 Å². The molecule has 6 nitrogen and oxygen atoms in total. The van der Waals surface area contributed by atoms with Crippen molar-refractivity contribution in [1.29, 1.82) is 0 Å². The van der Waals surface area contributed by atoms with Gasteiger partial charge in [0.1, 0.15) is 5.69 Å². The van der Waals surface area contributed by atoms with Crippen LogP contribution in [0, 0.1) is 0 Å². The van der Waals surface area contributed by atoms with Gasteiger partial charge in [0.15, 0.2) is 0 Å². The summed E-state index contributed by atoms with van der Waals surface area (Å²) in [5, 5.41) is 11.5. The highest BCUT2D eigenvalue weighted by molar-refractivity contribution is 5.96. The molecule has 1 aromatic rings. The predicted octanol–water partition coefficient (Wildman–Crippen LogP) is 0.461. The van der Waals surface area contributed by atoms with Crippen molar-refractivity contribution in [3.63, 3.8) is 0 Å². The maximum Gasteiger partial charge on any atom is 0.354 e. The maximum absolute atomic E-state index is 11.7. The minimum atomic E-state index is -1.14. The summed E-state index contributed by atoms with van der Waals surface area (Å²) in [6, 6.07) is 2.76. The molecule has 0 unspecified atom stereocenters. The van der Waals surface area contributed by atoms with Gasteiger partial charge in [-0.1, -0.05) is 0 Å². The highest BCUT2D eigenvalue weighted by atomic mass is 16.4. The fourth-order valence-corrected chi connectivity index (χ4v) is 1.39. The van der Waals surface area contributed by atoms with Gasteiger partial charge >= 0.3 is 5.97 Å². The summed E-state index contributed by atoms with van der Waals surface area (Å²) >= 11 is 0. The minimum absolute atomic E-state index is 0.129. The second-order valence-electron chi connectivity index (χ2n) is 4.15. The van der Waals surface area contributed by atoms with Gasteiger partial charge in [0.2, 0.25) is 0 Å². The number of carbonyl (C=O) groups is 2. The minimum Gasteiger partial charge on any atom is -0.477 e. The molecule has 1 aromatic heterocycles. The van der Waals surface area contributed by atoms with Gasteiger partial charge in [-0.25, -0.2) is 9.78 Å². The summed E-state index contributed by atoms with van der Waals surface area (Å²) in [6.45, 7) is 1.44. The molecule has 0 aliphatic carbocycles. The zero-order valence-electron chi connectivity index (χ0n) is 10.5. The molecule has 1 amide bonds. The molecule has 2 N–H and O–H groups in total. The molecule has 0 atom stereocenters. The first-order valence-electron chi connectivity index (χ1n) is 5.63. The van der Waals surface area contributed by atoms with Crippen LogP contribution in [0.1, 0.15) is 27.3 Å². The monoisotopic (exact) mass is 251 g/mol. The first-order chi connectivity index (χ1) is 8.50. The van der Waals surface area contributed by atoms with E-state index in [0.29, 0.717) is 12.1 Å². The largest absolute Gasteiger partial charge is 0.477 e. The van der Waals surface area contributed by atoms with Crippen LogP contribution in [-0.2, 0) is 0 Å². The van der Waals surface area contributed by atoms with E-state index >= 15 is 0 Å². The van der Waals surface area contributed by atoms with E-state index in [0.717, 1.165) is 13.0 Å². The van der Waals surface area contributed by atoms with Crippen molar-refractivity contribution in [2.45, 2.75) is 6.42 Å². The van der Waals surface area contributed by atoms with Crippen LogP contribution < -0.4 is 5.32 Å². The van der Waals surface area contributed by atoms with Crippen molar-refractivity contribution in [1.82, 2.24) is 15.2 Å². The van der Waals surface area contributed by atoms with E-state index in [-0.39, 0.29) is 11.6 Å². The zero-order chi connectivity index (χ0) is 13.5. The van der Waals surface area contributed by atoms with Crippen LogP contribution in [0.15, 0.2) is 18.3 Å². The van der Waals surface area contributed by atoms with E-state index in [2.05, 4.69) is 10.3 Å². The number of carboxylic acid groups (broad SMARTS) is 1. The number of carbonyl (C=O) groups excluding carboxylic acids is 1. The maximum atomic E-state index is 11.7. The Kier molecular flexibility index (Phi) is 5.26. The Bertz CT molecular complexity index is 432. The zero-order valence-corrected chi connectivity index (χ0v) is 10.5. The molecule has 0 bridgehead atoms. The van der Waals surface area contributed by atoms with Crippen LogP contribution in [0.4, 0.5) is 0 Å². The van der Waals surface area contributed by atoms with Crippen molar-refractivity contribution < 1.29 is 14.7 Å². The van der Waals surface area contributed by atoms with Crippen molar-refractivity contribution >= 4 is 11.9 Å². The highest BCUT2D eigenvalue weighted by Gasteiger charge is 2.09. The third-order valence-corrected chi connectivity index (χ3v) is 2.31. The number of carboxylic acids is 1. The van der Waals surface area contributed by atoms with Crippen molar-refractivity contribution in [2.75, 3.05) is 27.2 Å². The third-order valence-electron chi connectivity index (χ3n) is 2.31. The lowest BCUT2D eigenvalue weighted by atomic mass is 10.2. The molecule has 0 fully saturated rings. The van der Waals surface area contributed by atoms with Gasteiger partial charge in [0, 0.05) is 18.3 Å². The van der Waals surface area contributed by atoms with Crippen LogP contribution in [0.2, 0.25) is 0 Å². The lowest BCUT2D eigenvalue weighted by Crippen LogP contribution is -2.27. The average Bonchev–Trinajstić information content (AvgIpc) is 2.34. The Morgan fingerprint density at radius 2 is 2.17 bits per heavy atom. The molecule has 1 heterocycles. The second kappa shape index (κ2) is 6.70. The summed E-state index contributed by atoms with van der Waals surface area (Å²) in [4.78, 5) is 28.1. The molecule has 0 saturated heterocycles. The number of pyridine rings is 1. The second-order valence-corrected chi connectivity index (χ2v) is 4.15.